The van der Waals surface area contributed by atoms with E-state index in [9.17, 15) is 0 Å². The van der Waals surface area contributed by atoms with Gasteiger partial charge in [0.15, 0.2) is 0 Å². The predicted octanol–water partition coefficient (Wildman–Crippen LogP) is 0.109. The minimum absolute atomic E-state index is 0.364. The van der Waals surface area contributed by atoms with Crippen LogP contribution in [0.15, 0.2) is 0 Å². The van der Waals surface area contributed by atoms with Crippen molar-refractivity contribution in [3.63, 3.8) is 0 Å². The summed E-state index contributed by atoms with van der Waals surface area (Å²) in [6, 6.07) is 0.364. The Balaban J connectivity index is 2.02. The lowest BCUT2D eigenvalue weighted by Gasteiger charge is -2.28. The third kappa shape index (κ3) is 1.06. The Kier molecular flexibility index (Phi) is 1.75. The van der Waals surface area contributed by atoms with E-state index in [0.717, 1.165) is 31.9 Å². The van der Waals surface area contributed by atoms with E-state index < -0.39 is 0 Å². The normalized spacial score (nSPS) is 21.7. The fourth-order valence-electron chi connectivity index (χ4n) is 1.96. The number of nitrogen functional groups attached to an aromatic ring is 1. The molecule has 0 unspecified atom stereocenters. The molecule has 2 aliphatic heterocycles. The average Bonchev–Trinajstić information content (AvgIpc) is 2.43. The van der Waals surface area contributed by atoms with Gasteiger partial charge in [-0.05, 0) is 0 Å². The molecule has 0 radical (unpaired) electrons. The van der Waals surface area contributed by atoms with Crippen LogP contribution in [0.2, 0.25) is 0 Å². The van der Waals surface area contributed by atoms with Crippen molar-refractivity contribution in [3.05, 3.63) is 11.3 Å². The van der Waals surface area contributed by atoms with Crippen LogP contribution in [0.5, 0.6) is 0 Å². The van der Waals surface area contributed by atoms with Crippen molar-refractivity contribution in [3.8, 4) is 0 Å². The molecule has 2 N–H and O–H groups in total. The minimum Gasteiger partial charge on any atom is -0.382 e. The summed E-state index contributed by atoms with van der Waals surface area (Å²) < 4.78 is 12.5. The van der Waals surface area contributed by atoms with Crippen LogP contribution in [-0.2, 0) is 22.5 Å². The standard InChI is InChI=1S/C9H13N3O2/c10-9-7-1-2-13-5-8(7)12(11-9)6-3-14-4-6/h6H,1-5H2,(H2,10,11). The van der Waals surface area contributed by atoms with Gasteiger partial charge in [-0.15, -0.1) is 0 Å². The van der Waals surface area contributed by atoms with Crippen LogP contribution in [0.3, 0.4) is 0 Å². The maximum Gasteiger partial charge on any atom is 0.149 e. The van der Waals surface area contributed by atoms with Crippen molar-refractivity contribution in [2.24, 2.45) is 0 Å². The van der Waals surface area contributed by atoms with Gasteiger partial charge < -0.3 is 15.2 Å². The first-order valence-corrected chi connectivity index (χ1v) is 4.87. The van der Waals surface area contributed by atoms with Crippen LogP contribution >= 0.6 is 0 Å². The van der Waals surface area contributed by atoms with Gasteiger partial charge in [0.1, 0.15) is 5.82 Å². The molecule has 76 valence electrons. The smallest absolute Gasteiger partial charge is 0.149 e. The van der Waals surface area contributed by atoms with Gasteiger partial charge in [-0.25, -0.2) is 0 Å². The van der Waals surface area contributed by atoms with Crippen molar-refractivity contribution < 1.29 is 9.47 Å². The molecule has 0 spiro atoms. The molecule has 3 rings (SSSR count). The molecule has 1 saturated heterocycles. The van der Waals surface area contributed by atoms with Crippen LogP contribution in [0, 0.1) is 0 Å². The summed E-state index contributed by atoms with van der Waals surface area (Å²) in [4.78, 5) is 0. The molecular weight excluding hydrogens is 182 g/mol. The minimum atomic E-state index is 0.364. The number of fused-ring (bicyclic) bond motifs is 1. The molecule has 1 aromatic rings. The van der Waals surface area contributed by atoms with Gasteiger partial charge in [0.05, 0.1) is 38.2 Å². The number of rotatable bonds is 1. The van der Waals surface area contributed by atoms with Crippen LogP contribution in [-0.4, -0.2) is 29.6 Å². The molecule has 0 aliphatic carbocycles. The van der Waals surface area contributed by atoms with Crippen molar-refractivity contribution >= 4 is 5.82 Å². The van der Waals surface area contributed by atoms with Crippen molar-refractivity contribution in [1.82, 2.24) is 9.78 Å². The predicted molar refractivity (Wildman–Crippen MR) is 49.9 cm³/mol. The van der Waals surface area contributed by atoms with E-state index in [-0.39, 0.29) is 0 Å². The zero-order valence-electron chi connectivity index (χ0n) is 7.90. The van der Waals surface area contributed by atoms with Crippen LogP contribution < -0.4 is 5.73 Å². The first-order valence-electron chi connectivity index (χ1n) is 4.87. The molecule has 14 heavy (non-hydrogen) atoms. The Morgan fingerprint density at radius 3 is 2.93 bits per heavy atom. The maximum absolute atomic E-state index is 5.85. The Morgan fingerprint density at radius 1 is 1.36 bits per heavy atom. The van der Waals surface area contributed by atoms with Crippen molar-refractivity contribution in [2.75, 3.05) is 25.6 Å². The molecule has 0 saturated carbocycles. The lowest BCUT2D eigenvalue weighted by atomic mass is 10.1. The summed E-state index contributed by atoms with van der Waals surface area (Å²) in [5.74, 6) is 0.662. The fraction of sp³-hybridized carbons (Fsp3) is 0.667. The molecule has 3 heterocycles. The highest BCUT2D eigenvalue weighted by Crippen LogP contribution is 2.27. The highest BCUT2D eigenvalue weighted by molar-refractivity contribution is 5.43. The molecule has 5 nitrogen and oxygen atoms in total. The van der Waals surface area contributed by atoms with Crippen LogP contribution in [0.25, 0.3) is 0 Å². The van der Waals surface area contributed by atoms with E-state index in [1.54, 1.807) is 0 Å². The number of hydrogen-bond donors (Lipinski definition) is 1. The van der Waals surface area contributed by atoms with E-state index in [0.29, 0.717) is 18.5 Å². The third-order valence-corrected chi connectivity index (χ3v) is 2.85. The summed E-state index contributed by atoms with van der Waals surface area (Å²) in [7, 11) is 0. The Bertz CT molecular complexity index is 357. The summed E-state index contributed by atoms with van der Waals surface area (Å²) >= 11 is 0. The summed E-state index contributed by atoms with van der Waals surface area (Å²) in [6.45, 7) is 2.88. The first-order chi connectivity index (χ1) is 6.86. The third-order valence-electron chi connectivity index (χ3n) is 2.85. The summed E-state index contributed by atoms with van der Waals surface area (Å²) in [5.41, 5.74) is 8.16. The van der Waals surface area contributed by atoms with Crippen LogP contribution in [0.4, 0.5) is 5.82 Å². The lowest BCUT2D eigenvalue weighted by molar-refractivity contribution is -0.0326. The second-order valence-corrected chi connectivity index (χ2v) is 3.75. The fourth-order valence-corrected chi connectivity index (χ4v) is 1.96. The number of nitrogens with two attached hydrogens (primary N) is 1. The van der Waals surface area contributed by atoms with Gasteiger partial charge in [0, 0.05) is 12.0 Å². The van der Waals surface area contributed by atoms with E-state index in [1.165, 1.54) is 5.56 Å². The SMILES string of the molecule is Nc1nn(C2COC2)c2c1CCOC2. The second-order valence-electron chi connectivity index (χ2n) is 3.75. The van der Waals surface area contributed by atoms with E-state index in [2.05, 4.69) is 5.10 Å². The molecule has 2 aliphatic rings. The molecular formula is C9H13N3O2. The lowest BCUT2D eigenvalue weighted by Crippen LogP contribution is -2.33. The van der Waals surface area contributed by atoms with Crippen molar-refractivity contribution in [1.29, 1.82) is 0 Å². The maximum atomic E-state index is 5.85. The molecule has 0 bridgehead atoms. The zero-order chi connectivity index (χ0) is 9.54. The Morgan fingerprint density at radius 2 is 2.21 bits per heavy atom. The van der Waals surface area contributed by atoms with Gasteiger partial charge in [-0.1, -0.05) is 0 Å². The molecule has 1 aromatic heterocycles. The zero-order valence-corrected chi connectivity index (χ0v) is 7.90. The number of aromatic nitrogens is 2. The monoisotopic (exact) mass is 195 g/mol. The highest BCUT2D eigenvalue weighted by Gasteiger charge is 2.28. The quantitative estimate of drug-likeness (QED) is 0.690. The van der Waals surface area contributed by atoms with Gasteiger partial charge in [-0.2, -0.15) is 5.10 Å². The van der Waals surface area contributed by atoms with E-state index in [4.69, 9.17) is 15.2 Å². The number of ether oxygens (including phenoxy) is 2. The largest absolute Gasteiger partial charge is 0.382 e. The molecule has 0 atom stereocenters. The van der Waals surface area contributed by atoms with Crippen LogP contribution in [0.1, 0.15) is 17.3 Å². The number of nitrogens with zero attached hydrogens (tertiary/aromatic N) is 2. The number of anilines is 1. The van der Waals surface area contributed by atoms with E-state index in [1.807, 2.05) is 4.68 Å². The topological polar surface area (TPSA) is 62.3 Å². The van der Waals surface area contributed by atoms with Gasteiger partial charge in [-0.3, -0.25) is 4.68 Å². The summed E-state index contributed by atoms with van der Waals surface area (Å²) in [5, 5.41) is 4.35. The Labute approximate surface area is 81.8 Å². The number of hydrogen-bond acceptors (Lipinski definition) is 4. The molecule has 0 aromatic carbocycles. The summed E-state index contributed by atoms with van der Waals surface area (Å²) in [6.07, 6.45) is 0.884. The average molecular weight is 195 g/mol. The first kappa shape index (κ1) is 8.26. The van der Waals surface area contributed by atoms with Gasteiger partial charge in [0.25, 0.3) is 0 Å². The molecule has 5 heteroatoms. The van der Waals surface area contributed by atoms with Gasteiger partial charge in [0.2, 0.25) is 0 Å². The van der Waals surface area contributed by atoms with Crippen molar-refractivity contribution in [2.45, 2.75) is 19.1 Å². The Hall–Kier alpha value is -1.07. The highest BCUT2D eigenvalue weighted by atomic mass is 16.5. The molecule has 1 fully saturated rings. The van der Waals surface area contributed by atoms with E-state index >= 15 is 0 Å². The van der Waals surface area contributed by atoms with Gasteiger partial charge >= 0.3 is 0 Å². The second kappa shape index (κ2) is 2.96. The molecule has 0 amide bonds.